The van der Waals surface area contributed by atoms with E-state index in [1.807, 2.05) is 12.1 Å². The van der Waals surface area contributed by atoms with Gasteiger partial charge in [-0.05, 0) is 48.2 Å². The smallest absolute Gasteiger partial charge is 0.142 e. The van der Waals surface area contributed by atoms with Gasteiger partial charge < -0.3 is 43.7 Å². The molecule has 4 rings (SSSR count). The van der Waals surface area contributed by atoms with Gasteiger partial charge in [0.05, 0.1) is 37.7 Å². The van der Waals surface area contributed by atoms with Crippen LogP contribution in [-0.2, 0) is 25.6 Å². The first-order valence-corrected chi connectivity index (χ1v) is 14.5. The molecule has 3 atom stereocenters. The SMILES string of the molecule is COCCCOc1ccc(C2[C@@H](OCc3ccc4c(c3)N(CCCOC)CCO4)CNC[C@H]2OCCCO)cc1. The highest BCUT2D eigenvalue weighted by Crippen LogP contribution is 2.35. The molecule has 2 heterocycles. The van der Waals surface area contributed by atoms with Crippen LogP contribution in [0.25, 0.3) is 0 Å². The number of anilines is 1. The molecule has 1 saturated heterocycles. The zero-order valence-corrected chi connectivity index (χ0v) is 24.0. The summed E-state index contributed by atoms with van der Waals surface area (Å²) in [5.74, 6) is 1.82. The molecule has 9 heteroatoms. The van der Waals surface area contributed by atoms with Gasteiger partial charge in [0.25, 0.3) is 0 Å². The number of ether oxygens (including phenoxy) is 6. The molecule has 0 bridgehead atoms. The monoisotopic (exact) mass is 558 g/mol. The van der Waals surface area contributed by atoms with Gasteiger partial charge in [0, 0.05) is 72.6 Å². The fourth-order valence-corrected chi connectivity index (χ4v) is 5.34. The Labute approximate surface area is 238 Å². The molecule has 222 valence electrons. The maximum atomic E-state index is 9.28. The molecule has 0 aliphatic carbocycles. The number of nitrogens with zero attached hydrogens (tertiary/aromatic N) is 1. The van der Waals surface area contributed by atoms with Gasteiger partial charge in [-0.2, -0.15) is 0 Å². The van der Waals surface area contributed by atoms with Crippen molar-refractivity contribution in [2.75, 3.05) is 84.9 Å². The first kappa shape index (κ1) is 30.6. The minimum Gasteiger partial charge on any atom is -0.494 e. The molecular formula is C31H46N2O7. The number of piperidine rings is 1. The summed E-state index contributed by atoms with van der Waals surface area (Å²) in [6.07, 6.45) is 2.29. The third-order valence-electron chi connectivity index (χ3n) is 7.38. The van der Waals surface area contributed by atoms with E-state index in [-0.39, 0.29) is 24.7 Å². The Morgan fingerprint density at radius 1 is 0.900 bits per heavy atom. The van der Waals surface area contributed by atoms with Gasteiger partial charge >= 0.3 is 0 Å². The number of rotatable bonds is 17. The van der Waals surface area contributed by atoms with Crippen LogP contribution in [-0.4, -0.2) is 97.4 Å². The Morgan fingerprint density at radius 2 is 1.68 bits per heavy atom. The Kier molecular flexibility index (Phi) is 12.8. The van der Waals surface area contributed by atoms with Crippen molar-refractivity contribution >= 4 is 5.69 Å². The Balaban J connectivity index is 1.44. The van der Waals surface area contributed by atoms with Crippen molar-refractivity contribution in [1.29, 1.82) is 0 Å². The van der Waals surface area contributed by atoms with E-state index in [0.717, 1.165) is 73.9 Å². The highest BCUT2D eigenvalue weighted by Gasteiger charge is 2.36. The van der Waals surface area contributed by atoms with Gasteiger partial charge in [0.15, 0.2) is 0 Å². The molecule has 2 aromatic carbocycles. The van der Waals surface area contributed by atoms with Crippen molar-refractivity contribution in [1.82, 2.24) is 5.32 Å². The third-order valence-corrected chi connectivity index (χ3v) is 7.38. The molecule has 9 nitrogen and oxygen atoms in total. The van der Waals surface area contributed by atoms with E-state index in [1.165, 1.54) is 0 Å². The second-order valence-electron chi connectivity index (χ2n) is 10.3. The van der Waals surface area contributed by atoms with Gasteiger partial charge in [0.1, 0.15) is 18.1 Å². The number of hydrogen-bond donors (Lipinski definition) is 2. The molecule has 2 aliphatic rings. The van der Waals surface area contributed by atoms with Crippen LogP contribution in [0.15, 0.2) is 42.5 Å². The Hall–Kier alpha value is -2.40. The molecule has 0 amide bonds. The van der Waals surface area contributed by atoms with Crippen LogP contribution >= 0.6 is 0 Å². The number of aliphatic hydroxyl groups is 1. The number of benzene rings is 2. The maximum Gasteiger partial charge on any atom is 0.142 e. The maximum absolute atomic E-state index is 9.28. The lowest BCUT2D eigenvalue weighted by molar-refractivity contribution is -0.0616. The average molecular weight is 559 g/mol. The molecule has 40 heavy (non-hydrogen) atoms. The molecule has 0 spiro atoms. The molecule has 0 saturated carbocycles. The molecule has 2 N–H and O–H groups in total. The summed E-state index contributed by atoms with van der Waals surface area (Å²) in [7, 11) is 3.44. The van der Waals surface area contributed by atoms with E-state index in [4.69, 9.17) is 28.4 Å². The van der Waals surface area contributed by atoms with Crippen LogP contribution in [0.3, 0.4) is 0 Å². The molecule has 1 unspecified atom stereocenters. The van der Waals surface area contributed by atoms with Crippen molar-refractivity contribution in [2.45, 2.75) is 44.0 Å². The van der Waals surface area contributed by atoms with Crippen LogP contribution in [0.5, 0.6) is 11.5 Å². The lowest BCUT2D eigenvalue weighted by Gasteiger charge is -2.39. The number of fused-ring (bicyclic) bond motifs is 1. The molecule has 2 aliphatic heterocycles. The fourth-order valence-electron chi connectivity index (χ4n) is 5.34. The number of aliphatic hydroxyl groups excluding tert-OH is 1. The van der Waals surface area contributed by atoms with E-state index in [1.54, 1.807) is 14.2 Å². The van der Waals surface area contributed by atoms with Gasteiger partial charge in [0.2, 0.25) is 0 Å². The van der Waals surface area contributed by atoms with E-state index in [0.29, 0.717) is 39.5 Å². The highest BCUT2D eigenvalue weighted by molar-refractivity contribution is 5.61. The number of nitrogens with one attached hydrogen (secondary N) is 1. The zero-order valence-electron chi connectivity index (χ0n) is 24.0. The van der Waals surface area contributed by atoms with Gasteiger partial charge in [-0.3, -0.25) is 0 Å². The minimum atomic E-state index is -0.0774. The topological polar surface area (TPSA) is 90.9 Å². The van der Waals surface area contributed by atoms with Crippen LogP contribution in [0.4, 0.5) is 5.69 Å². The highest BCUT2D eigenvalue weighted by atomic mass is 16.5. The molecule has 0 radical (unpaired) electrons. The summed E-state index contributed by atoms with van der Waals surface area (Å²) in [6, 6.07) is 14.6. The average Bonchev–Trinajstić information content (AvgIpc) is 2.99. The van der Waals surface area contributed by atoms with Crippen molar-refractivity contribution < 1.29 is 33.5 Å². The predicted octanol–water partition coefficient (Wildman–Crippen LogP) is 3.38. The largest absolute Gasteiger partial charge is 0.494 e. The Morgan fingerprint density at radius 3 is 2.45 bits per heavy atom. The van der Waals surface area contributed by atoms with E-state index in [9.17, 15) is 5.11 Å². The standard InChI is InChI=1S/C31H46N2O7/c1-35-15-3-12-33-13-19-39-28-11-6-24(20-27(28)33)23-40-30-22-32-21-29(38-17-4-14-34)31(30)25-7-9-26(10-8-25)37-18-5-16-36-2/h6-11,20,29-32,34H,3-5,12-19,21-23H2,1-2H3/t29-,30+,31?/m1/s1. The summed E-state index contributed by atoms with van der Waals surface area (Å²) in [6.45, 7) is 7.13. The van der Waals surface area contributed by atoms with E-state index in [2.05, 4.69) is 40.5 Å². The zero-order chi connectivity index (χ0) is 28.0. The quantitative estimate of drug-likeness (QED) is 0.284. The van der Waals surface area contributed by atoms with Gasteiger partial charge in [-0.25, -0.2) is 0 Å². The second-order valence-corrected chi connectivity index (χ2v) is 10.3. The predicted molar refractivity (Wildman–Crippen MR) is 155 cm³/mol. The van der Waals surface area contributed by atoms with Crippen molar-refractivity contribution in [3.05, 3.63) is 53.6 Å². The lowest BCUT2D eigenvalue weighted by atomic mass is 9.85. The van der Waals surface area contributed by atoms with E-state index >= 15 is 0 Å². The van der Waals surface area contributed by atoms with Crippen molar-refractivity contribution in [3.63, 3.8) is 0 Å². The summed E-state index contributed by atoms with van der Waals surface area (Å²) >= 11 is 0. The van der Waals surface area contributed by atoms with Crippen molar-refractivity contribution in [2.24, 2.45) is 0 Å². The van der Waals surface area contributed by atoms with Crippen LogP contribution in [0.2, 0.25) is 0 Å². The van der Waals surface area contributed by atoms with Gasteiger partial charge in [-0.1, -0.05) is 18.2 Å². The molecule has 2 aromatic rings. The number of hydrogen-bond acceptors (Lipinski definition) is 9. The number of methoxy groups -OCH3 is 2. The Bertz CT molecular complexity index is 990. The fraction of sp³-hybridized carbons (Fsp3) is 0.613. The summed E-state index contributed by atoms with van der Waals surface area (Å²) in [5.41, 5.74) is 3.39. The van der Waals surface area contributed by atoms with Crippen LogP contribution < -0.4 is 19.7 Å². The molecular weight excluding hydrogens is 512 g/mol. The van der Waals surface area contributed by atoms with Crippen molar-refractivity contribution in [3.8, 4) is 11.5 Å². The summed E-state index contributed by atoms with van der Waals surface area (Å²) in [5, 5.41) is 12.8. The molecule has 0 aromatic heterocycles. The normalized spacial score (nSPS) is 20.7. The lowest BCUT2D eigenvalue weighted by Crippen LogP contribution is -2.50. The molecule has 1 fully saturated rings. The first-order chi connectivity index (χ1) is 19.7. The van der Waals surface area contributed by atoms with Crippen LogP contribution in [0.1, 0.15) is 36.3 Å². The third kappa shape index (κ3) is 8.80. The minimum absolute atomic E-state index is 0.0500. The summed E-state index contributed by atoms with van der Waals surface area (Å²) < 4.78 is 35.0. The first-order valence-electron chi connectivity index (χ1n) is 14.5. The second kappa shape index (κ2) is 16.8. The van der Waals surface area contributed by atoms with Crippen LogP contribution in [0, 0.1) is 0 Å². The summed E-state index contributed by atoms with van der Waals surface area (Å²) in [4.78, 5) is 2.37. The van der Waals surface area contributed by atoms with Gasteiger partial charge in [-0.15, -0.1) is 0 Å². The van der Waals surface area contributed by atoms with E-state index < -0.39 is 0 Å².